The van der Waals surface area contributed by atoms with E-state index < -0.39 is 48.7 Å². The summed E-state index contributed by atoms with van der Waals surface area (Å²) in [5.41, 5.74) is -2.02. The van der Waals surface area contributed by atoms with Crippen molar-refractivity contribution in [2.45, 2.75) is 37.6 Å². The minimum Gasteiger partial charge on any atom is -0.473 e. The molecule has 1 fully saturated rings. The Morgan fingerprint density at radius 2 is 1.96 bits per heavy atom. The number of halogens is 5. The van der Waals surface area contributed by atoms with E-state index in [4.69, 9.17) is 4.74 Å². The molecule has 0 atom stereocenters. The Hall–Kier alpha value is -2.52. The van der Waals surface area contributed by atoms with E-state index in [2.05, 4.69) is 10.1 Å². The van der Waals surface area contributed by atoms with Crippen LogP contribution in [0.15, 0.2) is 35.3 Å². The van der Waals surface area contributed by atoms with Gasteiger partial charge in [-0.3, -0.25) is 9.78 Å². The van der Waals surface area contributed by atoms with Gasteiger partial charge < -0.3 is 4.74 Å². The summed E-state index contributed by atoms with van der Waals surface area (Å²) < 4.78 is 70.5. The number of aromatic nitrogens is 3. The van der Waals surface area contributed by atoms with Crippen molar-refractivity contribution in [3.8, 4) is 5.88 Å². The lowest BCUT2D eigenvalue weighted by molar-refractivity contribution is -0.138. The van der Waals surface area contributed by atoms with E-state index in [0.717, 1.165) is 22.9 Å². The predicted molar refractivity (Wildman–Crippen MR) is 75.4 cm³/mol. The number of hydrogen-bond donors (Lipinski definition) is 0. The number of ether oxygens (including phenoxy) is 1. The Morgan fingerprint density at radius 3 is 2.60 bits per heavy atom. The van der Waals surface area contributed by atoms with Crippen LogP contribution >= 0.6 is 0 Å². The molecule has 2 heterocycles. The highest BCUT2D eigenvalue weighted by molar-refractivity contribution is 5.23. The number of alkyl halides is 5. The summed E-state index contributed by atoms with van der Waals surface area (Å²) in [4.78, 5) is 15.5. The average molecular weight is 361 g/mol. The summed E-state index contributed by atoms with van der Waals surface area (Å²) in [5, 5.41) is 3.79. The van der Waals surface area contributed by atoms with Gasteiger partial charge in [0, 0.05) is 31.2 Å². The molecular weight excluding hydrogens is 349 g/mol. The fraction of sp³-hybridized carbons (Fsp3) is 0.400. The van der Waals surface area contributed by atoms with Gasteiger partial charge in [-0.2, -0.15) is 13.2 Å². The third-order valence-electron chi connectivity index (χ3n) is 3.68. The first-order valence-electron chi connectivity index (χ1n) is 7.28. The van der Waals surface area contributed by atoms with E-state index in [1.54, 1.807) is 0 Å². The average Bonchev–Trinajstić information content (AvgIpc) is 2.48. The van der Waals surface area contributed by atoms with E-state index in [1.165, 1.54) is 12.3 Å². The maximum absolute atomic E-state index is 13.0. The second-order valence-electron chi connectivity index (χ2n) is 5.67. The van der Waals surface area contributed by atoms with Gasteiger partial charge in [-0.05, 0) is 12.1 Å². The number of rotatable bonds is 4. The molecule has 25 heavy (non-hydrogen) atoms. The summed E-state index contributed by atoms with van der Waals surface area (Å²) in [6.45, 7) is -0.521. The Labute approximate surface area is 138 Å². The van der Waals surface area contributed by atoms with Crippen molar-refractivity contribution in [3.05, 3.63) is 52.1 Å². The smallest absolute Gasteiger partial charge is 0.418 e. The molecule has 0 aromatic carbocycles. The summed E-state index contributed by atoms with van der Waals surface area (Å²) in [6, 6.07) is 4.23. The van der Waals surface area contributed by atoms with Crippen molar-refractivity contribution in [2.24, 2.45) is 0 Å². The molecule has 0 bridgehead atoms. The molecule has 0 saturated heterocycles. The van der Waals surface area contributed by atoms with Gasteiger partial charge in [0.2, 0.25) is 5.88 Å². The Bertz CT molecular complexity index is 826. The van der Waals surface area contributed by atoms with Crippen molar-refractivity contribution < 1.29 is 26.7 Å². The Kier molecular flexibility index (Phi) is 4.21. The van der Waals surface area contributed by atoms with Crippen LogP contribution in [0.5, 0.6) is 5.88 Å². The van der Waals surface area contributed by atoms with Crippen LogP contribution in [0.2, 0.25) is 0 Å². The van der Waals surface area contributed by atoms with Crippen LogP contribution in [0.1, 0.15) is 24.1 Å². The topological polar surface area (TPSA) is 57.0 Å². The maximum atomic E-state index is 13.0. The summed E-state index contributed by atoms with van der Waals surface area (Å²) in [7, 11) is 0. The predicted octanol–water partition coefficient (Wildman–Crippen LogP) is 2.88. The summed E-state index contributed by atoms with van der Waals surface area (Å²) in [5.74, 6) is -2.89. The molecular formula is C15H12F5N3O2. The van der Waals surface area contributed by atoms with Crippen molar-refractivity contribution in [1.82, 2.24) is 14.8 Å². The summed E-state index contributed by atoms with van der Waals surface area (Å²) >= 11 is 0. The molecule has 1 saturated carbocycles. The molecule has 134 valence electrons. The lowest BCUT2D eigenvalue weighted by Gasteiger charge is -2.34. The molecule has 10 heteroatoms. The molecule has 3 rings (SSSR count). The van der Waals surface area contributed by atoms with Gasteiger partial charge in [-0.25, -0.2) is 13.5 Å². The second kappa shape index (κ2) is 6.08. The molecule has 0 spiro atoms. The van der Waals surface area contributed by atoms with Crippen LogP contribution < -0.4 is 10.3 Å². The van der Waals surface area contributed by atoms with Gasteiger partial charge in [-0.15, -0.1) is 5.10 Å². The van der Waals surface area contributed by atoms with Crippen LogP contribution in [0.4, 0.5) is 22.0 Å². The Balaban J connectivity index is 1.82. The van der Waals surface area contributed by atoms with Crippen LogP contribution in [0.3, 0.4) is 0 Å². The van der Waals surface area contributed by atoms with Crippen LogP contribution in [0.25, 0.3) is 0 Å². The zero-order valence-corrected chi connectivity index (χ0v) is 12.6. The molecule has 0 amide bonds. The van der Waals surface area contributed by atoms with Gasteiger partial charge in [0.1, 0.15) is 6.10 Å². The lowest BCUT2D eigenvalue weighted by atomic mass is 9.91. The maximum Gasteiger partial charge on any atom is 0.418 e. The molecule has 0 aliphatic heterocycles. The number of hydrogen-bond acceptors (Lipinski definition) is 4. The van der Waals surface area contributed by atoms with Crippen molar-refractivity contribution >= 4 is 0 Å². The molecule has 0 unspecified atom stereocenters. The zero-order chi connectivity index (χ0) is 18.2. The van der Waals surface area contributed by atoms with E-state index in [0.29, 0.717) is 0 Å². The van der Waals surface area contributed by atoms with Crippen molar-refractivity contribution in [3.63, 3.8) is 0 Å². The second-order valence-corrected chi connectivity index (χ2v) is 5.67. The van der Waals surface area contributed by atoms with E-state index in [9.17, 15) is 26.7 Å². The molecule has 2 aromatic rings. The van der Waals surface area contributed by atoms with E-state index >= 15 is 0 Å². The normalized spacial score (nSPS) is 17.2. The molecule has 1 aliphatic carbocycles. The fourth-order valence-electron chi connectivity index (χ4n) is 2.43. The molecule has 2 aromatic heterocycles. The monoisotopic (exact) mass is 361 g/mol. The number of pyridine rings is 1. The molecule has 0 N–H and O–H groups in total. The van der Waals surface area contributed by atoms with Gasteiger partial charge in [-0.1, -0.05) is 0 Å². The van der Waals surface area contributed by atoms with E-state index in [-0.39, 0.29) is 11.6 Å². The zero-order valence-electron chi connectivity index (χ0n) is 12.6. The quantitative estimate of drug-likeness (QED) is 0.786. The molecule has 0 radical (unpaired) electrons. The van der Waals surface area contributed by atoms with Crippen LogP contribution in [-0.4, -0.2) is 26.8 Å². The first-order valence-corrected chi connectivity index (χ1v) is 7.28. The molecule has 1 aliphatic rings. The van der Waals surface area contributed by atoms with Gasteiger partial charge in [0.15, 0.2) is 0 Å². The van der Waals surface area contributed by atoms with Gasteiger partial charge >= 0.3 is 6.18 Å². The first kappa shape index (κ1) is 17.3. The van der Waals surface area contributed by atoms with Crippen LogP contribution in [0, 0.1) is 0 Å². The number of nitrogens with zero attached hydrogens (tertiary/aromatic N) is 3. The highest BCUT2D eigenvalue weighted by Crippen LogP contribution is 2.39. The highest BCUT2D eigenvalue weighted by atomic mass is 19.4. The fourth-order valence-corrected chi connectivity index (χ4v) is 2.43. The largest absolute Gasteiger partial charge is 0.473 e. The van der Waals surface area contributed by atoms with Crippen LogP contribution in [-0.2, 0) is 12.7 Å². The lowest BCUT2D eigenvalue weighted by Crippen LogP contribution is -2.43. The van der Waals surface area contributed by atoms with Gasteiger partial charge in [0.05, 0.1) is 17.8 Å². The van der Waals surface area contributed by atoms with Crippen molar-refractivity contribution in [1.29, 1.82) is 0 Å². The first-order chi connectivity index (χ1) is 11.6. The van der Waals surface area contributed by atoms with Gasteiger partial charge in [0.25, 0.3) is 11.5 Å². The third-order valence-corrected chi connectivity index (χ3v) is 3.68. The highest BCUT2D eigenvalue weighted by Gasteiger charge is 2.47. The summed E-state index contributed by atoms with van der Waals surface area (Å²) in [6.07, 6.45) is -5.13. The molecule has 5 nitrogen and oxygen atoms in total. The van der Waals surface area contributed by atoms with Crippen molar-refractivity contribution in [2.75, 3.05) is 0 Å². The standard InChI is InChI=1S/C15H12F5N3O2/c16-14(17)6-9(7-14)25-12-3-4-13(24)23(22-12)8-11-10(15(18,19)20)2-1-5-21-11/h1-5,9H,6-8H2. The van der Waals surface area contributed by atoms with E-state index in [1.807, 2.05) is 0 Å². The SMILES string of the molecule is O=c1ccc(OC2CC(F)(F)C2)nn1Cc1ncccc1C(F)(F)F. The minimum absolute atomic E-state index is 0.107. The Morgan fingerprint density at radius 1 is 1.24 bits per heavy atom. The minimum atomic E-state index is -4.63. The third kappa shape index (κ3) is 3.94.